The van der Waals surface area contributed by atoms with Crippen molar-refractivity contribution < 1.29 is 14.9 Å². The second-order valence-electron chi connectivity index (χ2n) is 5.44. The van der Waals surface area contributed by atoms with E-state index in [-0.39, 0.29) is 6.04 Å². The molecular weight excluding hydrogens is 242 g/mol. The number of rotatable bonds is 5. The monoisotopic (exact) mass is 265 g/mol. The number of nitrogens with one attached hydrogen (secondary N) is 1. The van der Waals surface area contributed by atoms with Gasteiger partial charge >= 0.3 is 0 Å². The number of phenols is 1. The number of aliphatic hydroxyl groups excluding tert-OH is 1. The van der Waals surface area contributed by atoms with Gasteiger partial charge in [-0.2, -0.15) is 0 Å². The summed E-state index contributed by atoms with van der Waals surface area (Å²) in [4.78, 5) is 0. The fraction of sp³-hybridized carbons (Fsp3) is 0.600. The van der Waals surface area contributed by atoms with Crippen molar-refractivity contribution in [3.63, 3.8) is 0 Å². The third-order valence-electron chi connectivity index (χ3n) is 3.87. The standard InChI is InChI=1S/C15H23NO3/c1-9-4-5-13(18)15-12(6-10(2)14(9)15)16-7-11(17)8-19-3/h4-5,10-12,16-18H,6-8H2,1-3H3. The van der Waals surface area contributed by atoms with E-state index >= 15 is 0 Å². The molecule has 1 aromatic rings. The maximum absolute atomic E-state index is 10.1. The highest BCUT2D eigenvalue weighted by atomic mass is 16.5. The quantitative estimate of drug-likeness (QED) is 0.760. The lowest BCUT2D eigenvalue weighted by atomic mass is 9.97. The summed E-state index contributed by atoms with van der Waals surface area (Å²) in [5.74, 6) is 0.780. The molecule has 106 valence electrons. The lowest BCUT2D eigenvalue weighted by Gasteiger charge is -2.18. The number of methoxy groups -OCH3 is 1. The molecule has 4 heteroatoms. The summed E-state index contributed by atoms with van der Waals surface area (Å²) in [6, 6.07) is 3.83. The van der Waals surface area contributed by atoms with Gasteiger partial charge < -0.3 is 20.3 Å². The first kappa shape index (κ1) is 14.3. The lowest BCUT2D eigenvalue weighted by Crippen LogP contribution is -2.32. The summed E-state index contributed by atoms with van der Waals surface area (Å²) in [6.07, 6.45) is 0.435. The number of hydrogen-bond donors (Lipinski definition) is 3. The van der Waals surface area contributed by atoms with Gasteiger partial charge in [-0.05, 0) is 36.5 Å². The van der Waals surface area contributed by atoms with Crippen LogP contribution in [0.1, 0.15) is 42.0 Å². The molecule has 4 nitrogen and oxygen atoms in total. The maximum Gasteiger partial charge on any atom is 0.120 e. The molecule has 3 N–H and O–H groups in total. The minimum absolute atomic E-state index is 0.108. The molecule has 0 aromatic heterocycles. The van der Waals surface area contributed by atoms with Crippen LogP contribution in [0.25, 0.3) is 0 Å². The Morgan fingerprint density at radius 1 is 1.42 bits per heavy atom. The molecule has 1 aliphatic carbocycles. The topological polar surface area (TPSA) is 61.7 Å². The Hall–Kier alpha value is -1.10. The van der Waals surface area contributed by atoms with E-state index in [0.717, 1.165) is 12.0 Å². The van der Waals surface area contributed by atoms with E-state index in [0.29, 0.717) is 24.8 Å². The van der Waals surface area contributed by atoms with E-state index < -0.39 is 6.10 Å². The molecule has 1 aliphatic rings. The Morgan fingerprint density at radius 3 is 2.84 bits per heavy atom. The van der Waals surface area contributed by atoms with E-state index in [9.17, 15) is 10.2 Å². The van der Waals surface area contributed by atoms with Crippen molar-refractivity contribution in [3.8, 4) is 5.75 Å². The van der Waals surface area contributed by atoms with E-state index in [1.807, 2.05) is 6.07 Å². The third-order valence-corrected chi connectivity index (χ3v) is 3.87. The second-order valence-corrected chi connectivity index (χ2v) is 5.44. The zero-order chi connectivity index (χ0) is 14.0. The van der Waals surface area contributed by atoms with E-state index in [1.165, 1.54) is 11.1 Å². The number of aromatic hydroxyl groups is 1. The van der Waals surface area contributed by atoms with Gasteiger partial charge in [-0.25, -0.2) is 0 Å². The Labute approximate surface area is 114 Å². The van der Waals surface area contributed by atoms with Crippen LogP contribution in [0.5, 0.6) is 5.75 Å². The molecule has 0 bridgehead atoms. The molecule has 0 spiro atoms. The minimum Gasteiger partial charge on any atom is -0.508 e. The minimum atomic E-state index is -0.517. The molecule has 3 unspecified atom stereocenters. The van der Waals surface area contributed by atoms with Gasteiger partial charge in [-0.3, -0.25) is 0 Å². The van der Waals surface area contributed by atoms with Crippen molar-refractivity contribution in [3.05, 3.63) is 28.8 Å². The summed E-state index contributed by atoms with van der Waals surface area (Å²) in [5, 5.41) is 23.1. The Kier molecular flexibility index (Phi) is 4.45. The van der Waals surface area contributed by atoms with Crippen LogP contribution in [0.15, 0.2) is 12.1 Å². The van der Waals surface area contributed by atoms with Crippen molar-refractivity contribution in [2.75, 3.05) is 20.3 Å². The molecule has 3 atom stereocenters. The van der Waals surface area contributed by atoms with Crippen molar-refractivity contribution in [2.24, 2.45) is 0 Å². The Balaban J connectivity index is 2.13. The van der Waals surface area contributed by atoms with E-state index in [1.54, 1.807) is 13.2 Å². The van der Waals surface area contributed by atoms with Gasteiger partial charge in [-0.1, -0.05) is 13.0 Å². The number of aryl methyl sites for hydroxylation is 1. The largest absolute Gasteiger partial charge is 0.508 e. The van der Waals surface area contributed by atoms with Gasteiger partial charge in [-0.15, -0.1) is 0 Å². The number of benzene rings is 1. The van der Waals surface area contributed by atoms with Crippen LogP contribution in [0.4, 0.5) is 0 Å². The predicted molar refractivity (Wildman–Crippen MR) is 74.5 cm³/mol. The van der Waals surface area contributed by atoms with Crippen molar-refractivity contribution in [2.45, 2.75) is 38.3 Å². The SMILES string of the molecule is COCC(O)CNC1CC(C)c2c(C)ccc(O)c21. The molecule has 2 rings (SSSR count). The Morgan fingerprint density at radius 2 is 2.16 bits per heavy atom. The molecule has 0 amide bonds. The van der Waals surface area contributed by atoms with E-state index in [2.05, 4.69) is 19.2 Å². The first-order valence-electron chi connectivity index (χ1n) is 6.77. The average Bonchev–Trinajstić information content (AvgIpc) is 2.70. The molecule has 0 radical (unpaired) electrons. The predicted octanol–water partition coefficient (Wildman–Crippen LogP) is 1.85. The number of hydrogen-bond acceptors (Lipinski definition) is 4. The van der Waals surface area contributed by atoms with Crippen LogP contribution in [0.3, 0.4) is 0 Å². The summed E-state index contributed by atoms with van der Waals surface area (Å²) in [5.41, 5.74) is 3.47. The Bertz CT molecular complexity index is 447. The smallest absolute Gasteiger partial charge is 0.120 e. The highest BCUT2D eigenvalue weighted by molar-refractivity contribution is 5.50. The highest BCUT2D eigenvalue weighted by Gasteiger charge is 2.32. The van der Waals surface area contributed by atoms with Crippen LogP contribution in [0.2, 0.25) is 0 Å². The molecular formula is C15H23NO3. The maximum atomic E-state index is 10.1. The normalized spacial score (nSPS) is 23.4. The van der Waals surface area contributed by atoms with Crippen molar-refractivity contribution >= 4 is 0 Å². The second kappa shape index (κ2) is 5.90. The number of fused-ring (bicyclic) bond motifs is 1. The number of ether oxygens (including phenoxy) is 1. The van der Waals surface area contributed by atoms with Gasteiger partial charge in [0.1, 0.15) is 5.75 Å². The van der Waals surface area contributed by atoms with Gasteiger partial charge in [0.05, 0.1) is 12.7 Å². The van der Waals surface area contributed by atoms with Crippen molar-refractivity contribution in [1.82, 2.24) is 5.32 Å². The summed E-state index contributed by atoms with van der Waals surface area (Å²) >= 11 is 0. The fourth-order valence-electron chi connectivity index (χ4n) is 3.06. The fourth-order valence-corrected chi connectivity index (χ4v) is 3.06. The first-order chi connectivity index (χ1) is 9.04. The van der Waals surface area contributed by atoms with Crippen LogP contribution in [0, 0.1) is 6.92 Å². The zero-order valence-corrected chi connectivity index (χ0v) is 11.8. The zero-order valence-electron chi connectivity index (χ0n) is 11.8. The van der Waals surface area contributed by atoms with E-state index in [4.69, 9.17) is 4.74 Å². The molecule has 0 aliphatic heterocycles. The summed E-state index contributed by atoms with van der Waals surface area (Å²) < 4.78 is 4.91. The van der Waals surface area contributed by atoms with Crippen LogP contribution in [-0.2, 0) is 4.74 Å². The highest BCUT2D eigenvalue weighted by Crippen LogP contribution is 2.45. The molecule has 19 heavy (non-hydrogen) atoms. The van der Waals surface area contributed by atoms with Crippen LogP contribution >= 0.6 is 0 Å². The van der Waals surface area contributed by atoms with Crippen LogP contribution in [-0.4, -0.2) is 36.6 Å². The summed E-state index contributed by atoms with van der Waals surface area (Å²) in [7, 11) is 1.57. The van der Waals surface area contributed by atoms with Gasteiger partial charge in [0.2, 0.25) is 0 Å². The number of phenolic OH excluding ortho intramolecular Hbond substituents is 1. The molecule has 0 fully saturated rings. The van der Waals surface area contributed by atoms with Gasteiger partial charge in [0.25, 0.3) is 0 Å². The molecule has 0 saturated heterocycles. The molecule has 0 heterocycles. The average molecular weight is 265 g/mol. The number of aliphatic hydroxyl groups is 1. The van der Waals surface area contributed by atoms with Gasteiger partial charge in [0.15, 0.2) is 0 Å². The molecule has 0 saturated carbocycles. The van der Waals surface area contributed by atoms with Crippen LogP contribution < -0.4 is 5.32 Å². The molecule has 1 aromatic carbocycles. The third kappa shape index (κ3) is 2.91. The van der Waals surface area contributed by atoms with Gasteiger partial charge in [0, 0.05) is 25.3 Å². The first-order valence-corrected chi connectivity index (χ1v) is 6.77. The lowest BCUT2D eigenvalue weighted by molar-refractivity contribution is 0.0626. The van der Waals surface area contributed by atoms with Crippen molar-refractivity contribution in [1.29, 1.82) is 0 Å². The summed E-state index contributed by atoms with van der Waals surface area (Å²) in [6.45, 7) is 5.05.